The molecule has 0 saturated heterocycles. The van der Waals surface area contributed by atoms with Crippen molar-refractivity contribution in [2.45, 2.75) is 102 Å². The van der Waals surface area contributed by atoms with Gasteiger partial charge in [0.25, 0.3) is 0 Å². The minimum Gasteiger partial charge on any atom is -0.194 e. The molecule has 0 N–H and O–H groups in total. The number of fused-ring (bicyclic) bond motifs is 4. The number of rotatable bonds is 5. The molecule has 2 atom stereocenters. The molecule has 0 nitrogen and oxygen atoms in total. The molecular weight excluding hydrogens is 999 g/mol. The molecular formula is C44H28F18S4. The molecule has 2 aliphatic heterocycles. The highest BCUT2D eigenvalue weighted by Crippen LogP contribution is 2.81. The summed E-state index contributed by atoms with van der Waals surface area (Å²) in [7, 11) is 0. The molecule has 4 heterocycles. The van der Waals surface area contributed by atoms with Crippen molar-refractivity contribution in [3.8, 4) is 10.4 Å². The maximum atomic E-state index is 16.9. The van der Waals surface area contributed by atoms with Crippen LogP contribution >= 0.6 is 46.2 Å². The molecule has 2 aromatic heterocycles. The number of hydrogen-bond donors (Lipinski definition) is 0. The Labute approximate surface area is 379 Å². The highest BCUT2D eigenvalue weighted by Gasteiger charge is 2.87. The zero-order valence-corrected chi connectivity index (χ0v) is 37.7. The number of halogens is 18. The zero-order chi connectivity index (χ0) is 49.2. The van der Waals surface area contributed by atoms with Crippen LogP contribution in [0, 0.1) is 31.6 Å². The molecule has 0 amide bonds. The van der Waals surface area contributed by atoms with E-state index in [1.807, 2.05) is 0 Å². The van der Waals surface area contributed by atoms with Crippen LogP contribution in [-0.2, 0) is 0 Å². The van der Waals surface area contributed by atoms with Gasteiger partial charge in [0.2, 0.25) is 0 Å². The van der Waals surface area contributed by atoms with Gasteiger partial charge < -0.3 is 0 Å². The fourth-order valence-corrected chi connectivity index (χ4v) is 15.6. The Hall–Kier alpha value is -3.50. The Kier molecular flexibility index (Phi) is 9.53. The van der Waals surface area contributed by atoms with E-state index >= 15 is 79.0 Å². The van der Waals surface area contributed by atoms with Crippen molar-refractivity contribution in [2.24, 2.45) is 10.8 Å². The normalized spacial score (nSPS) is 30.2. The van der Waals surface area contributed by atoms with E-state index in [0.29, 0.717) is 12.5 Å². The molecule has 66 heavy (non-hydrogen) atoms. The first-order chi connectivity index (χ1) is 29.9. The SMILES string of the molecule is CC1=C[C@@]2(C)C(=C3C(=C4SC(C)=C(C5=C(c6c(C)sc(C7=C(c8cc(-c9ccccc9)sc8C)C(F)(F)C(F)(F)C7(F)F)c6C)C(F)(F)C(F)(F)C5(F)F)[C@@]42C)C(F)(F)C(F)(F)C3(F)F)S1. The van der Waals surface area contributed by atoms with Gasteiger partial charge in [0.05, 0.1) is 5.57 Å². The van der Waals surface area contributed by atoms with Crippen LogP contribution in [0.4, 0.5) is 79.0 Å². The second-order valence-corrected chi connectivity index (χ2v) is 22.2. The fraction of sp³-hybridized carbons (Fsp3) is 0.409. The van der Waals surface area contributed by atoms with Gasteiger partial charge in [-0.3, -0.25) is 0 Å². The summed E-state index contributed by atoms with van der Waals surface area (Å²) in [6.07, 6.45) is 1.04. The summed E-state index contributed by atoms with van der Waals surface area (Å²) in [4.78, 5) is -5.10. The number of thiophene rings is 2. The van der Waals surface area contributed by atoms with Crippen LogP contribution in [-0.4, -0.2) is 53.3 Å². The highest BCUT2D eigenvalue weighted by atomic mass is 32.2. The van der Waals surface area contributed by atoms with Crippen LogP contribution < -0.4 is 0 Å². The van der Waals surface area contributed by atoms with E-state index in [-0.39, 0.29) is 49.5 Å². The molecule has 1 fully saturated rings. The van der Waals surface area contributed by atoms with Gasteiger partial charge in [0.1, 0.15) is 0 Å². The van der Waals surface area contributed by atoms with E-state index in [2.05, 4.69) is 0 Å². The van der Waals surface area contributed by atoms with Crippen molar-refractivity contribution in [2.75, 3.05) is 0 Å². The molecule has 4 aliphatic carbocycles. The largest absolute Gasteiger partial charge is 0.380 e. The standard InChI is InChI=1S/C44H28F18S4/c1-15-14-34(6)32(63-15)29-30(41(55,56)44(61,62)40(29,53)54)33-35(34,7)24(19(5)66-33)27-26(37(47,48)43(59,60)38(27,49)50)23-16(2)31(65-18(23)4)28-25(36(45,46)42(57,58)39(28,51)52)21-13-22(64-17(21)3)20-11-9-8-10-12-20/h8-14H,1-7H3/t34-,35-/m0/s1. The molecule has 0 radical (unpaired) electrons. The summed E-state index contributed by atoms with van der Waals surface area (Å²) in [6, 6.07) is 8.56. The second kappa shape index (κ2) is 13.2. The third kappa shape index (κ3) is 5.02. The van der Waals surface area contributed by atoms with Gasteiger partial charge in [-0.05, 0) is 79.7 Å². The Morgan fingerprint density at radius 3 is 1.47 bits per heavy atom. The summed E-state index contributed by atoms with van der Waals surface area (Å²) in [5.74, 6) is -53.9. The number of hydrogen-bond acceptors (Lipinski definition) is 4. The Balaban J connectivity index is 1.37. The summed E-state index contributed by atoms with van der Waals surface area (Å²) in [5.41, 5.74) is -22.2. The number of benzene rings is 1. The number of alkyl halides is 18. The molecule has 1 aromatic carbocycles. The van der Waals surface area contributed by atoms with E-state index in [4.69, 9.17) is 0 Å². The molecule has 22 heteroatoms. The van der Waals surface area contributed by atoms with Gasteiger partial charge in [-0.2, -0.15) is 79.0 Å². The third-order valence-corrected chi connectivity index (χ3v) is 18.5. The van der Waals surface area contributed by atoms with Crippen LogP contribution in [0.5, 0.6) is 0 Å². The average Bonchev–Trinajstić information content (AvgIpc) is 3.95. The Morgan fingerprint density at radius 1 is 0.455 bits per heavy atom. The van der Waals surface area contributed by atoms with Gasteiger partial charge in [-0.15, -0.1) is 22.7 Å². The molecule has 354 valence electrons. The smallest absolute Gasteiger partial charge is 0.194 e. The lowest BCUT2D eigenvalue weighted by Gasteiger charge is -2.49. The van der Waals surface area contributed by atoms with Gasteiger partial charge in [-0.25, -0.2) is 0 Å². The first-order valence-electron chi connectivity index (χ1n) is 19.4. The molecule has 0 unspecified atom stereocenters. The Morgan fingerprint density at radius 2 is 0.924 bits per heavy atom. The van der Waals surface area contributed by atoms with Gasteiger partial charge in [0, 0.05) is 73.6 Å². The maximum Gasteiger partial charge on any atom is 0.380 e. The van der Waals surface area contributed by atoms with Crippen LogP contribution in [0.25, 0.3) is 27.2 Å². The van der Waals surface area contributed by atoms with Gasteiger partial charge in [-0.1, -0.05) is 66.9 Å². The van der Waals surface area contributed by atoms with Crippen LogP contribution in [0.1, 0.15) is 59.0 Å². The first kappa shape index (κ1) is 47.6. The minimum absolute atomic E-state index is 0.0470. The van der Waals surface area contributed by atoms with E-state index in [1.54, 1.807) is 6.07 Å². The summed E-state index contributed by atoms with van der Waals surface area (Å²) in [6.45, 7) is 6.27. The lowest BCUT2D eigenvalue weighted by Crippen LogP contribution is -2.50. The van der Waals surface area contributed by atoms with Crippen LogP contribution in [0.2, 0.25) is 0 Å². The maximum absolute atomic E-state index is 16.9. The highest BCUT2D eigenvalue weighted by molar-refractivity contribution is 8.07. The fourth-order valence-electron chi connectivity index (χ4n) is 10.3. The summed E-state index contributed by atoms with van der Waals surface area (Å²) >= 11 is 0.787. The van der Waals surface area contributed by atoms with Crippen LogP contribution in [0.3, 0.4) is 0 Å². The zero-order valence-electron chi connectivity index (χ0n) is 34.5. The predicted octanol–water partition coefficient (Wildman–Crippen LogP) is 17.0. The first-order valence-corrected chi connectivity index (χ1v) is 22.6. The van der Waals surface area contributed by atoms with Crippen LogP contribution in [0.15, 0.2) is 84.4 Å². The number of aryl methyl sites for hydroxylation is 2. The lowest BCUT2D eigenvalue weighted by atomic mass is 9.55. The van der Waals surface area contributed by atoms with Crippen molar-refractivity contribution in [1.82, 2.24) is 0 Å². The van der Waals surface area contributed by atoms with E-state index in [1.165, 1.54) is 31.2 Å². The summed E-state index contributed by atoms with van der Waals surface area (Å²) < 4.78 is 289. The second-order valence-electron chi connectivity index (χ2n) is 17.2. The predicted molar refractivity (Wildman–Crippen MR) is 218 cm³/mol. The molecule has 1 saturated carbocycles. The molecule has 0 spiro atoms. The molecule has 3 aromatic rings. The topological polar surface area (TPSA) is 0 Å². The monoisotopic (exact) mass is 1030 g/mol. The van der Waals surface area contributed by atoms with Crippen molar-refractivity contribution >= 4 is 62.9 Å². The van der Waals surface area contributed by atoms with E-state index < -0.39 is 144 Å². The van der Waals surface area contributed by atoms with Crippen molar-refractivity contribution in [1.29, 1.82) is 0 Å². The van der Waals surface area contributed by atoms with E-state index in [9.17, 15) is 0 Å². The van der Waals surface area contributed by atoms with Crippen molar-refractivity contribution in [3.63, 3.8) is 0 Å². The summed E-state index contributed by atoms with van der Waals surface area (Å²) in [5, 5.41) is 0. The molecule has 0 bridgehead atoms. The van der Waals surface area contributed by atoms with Crippen molar-refractivity contribution < 1.29 is 79.0 Å². The molecule has 9 rings (SSSR count). The van der Waals surface area contributed by atoms with Gasteiger partial charge >= 0.3 is 53.3 Å². The molecule has 6 aliphatic rings. The quantitative estimate of drug-likeness (QED) is 0.234. The third-order valence-electron chi connectivity index (χ3n) is 13.6. The average molecular weight is 1030 g/mol. The lowest BCUT2D eigenvalue weighted by molar-refractivity contribution is -0.259. The Bertz CT molecular complexity index is 2930. The van der Waals surface area contributed by atoms with Crippen molar-refractivity contribution in [3.05, 3.63) is 116 Å². The number of thioether (sulfide) groups is 2. The van der Waals surface area contributed by atoms with E-state index in [0.717, 1.165) is 58.1 Å². The van der Waals surface area contributed by atoms with Gasteiger partial charge in [0.15, 0.2) is 0 Å². The minimum atomic E-state index is -6.48. The number of allylic oxidation sites excluding steroid dienone is 12.